The van der Waals surface area contributed by atoms with Gasteiger partial charge in [-0.1, -0.05) is 12.1 Å². The number of halogens is 1. The molecule has 126 valence electrons. The number of ether oxygens (including phenoxy) is 1. The molecule has 0 amide bonds. The van der Waals surface area contributed by atoms with Crippen molar-refractivity contribution in [2.45, 2.75) is 20.4 Å². The molecule has 4 nitrogen and oxygen atoms in total. The predicted molar refractivity (Wildman–Crippen MR) is 110 cm³/mol. The smallest absolute Gasteiger partial charge is 0.191 e. The Morgan fingerprint density at radius 3 is 2.39 bits per heavy atom. The molecule has 2 N–H and O–H groups in total. The van der Waals surface area contributed by atoms with E-state index in [2.05, 4.69) is 47.3 Å². The van der Waals surface area contributed by atoms with Crippen LogP contribution >= 0.6 is 35.3 Å². The third-order valence-corrected chi connectivity index (χ3v) is 4.48. The highest BCUT2D eigenvalue weighted by Gasteiger charge is 2.05. The van der Waals surface area contributed by atoms with E-state index in [1.54, 1.807) is 18.4 Å². The first kappa shape index (κ1) is 19.8. The van der Waals surface area contributed by atoms with Crippen molar-refractivity contribution in [3.8, 4) is 16.9 Å². The Balaban J connectivity index is 0.00000264. The predicted octanol–water partition coefficient (Wildman–Crippen LogP) is 4.20. The number of nitrogens with zero attached hydrogens (tertiary/aromatic N) is 2. The molecule has 0 aliphatic heterocycles. The van der Waals surface area contributed by atoms with Crippen molar-refractivity contribution in [3.05, 3.63) is 40.6 Å². The maximum Gasteiger partial charge on any atom is 0.191 e. The van der Waals surface area contributed by atoms with Gasteiger partial charge in [0.25, 0.3) is 0 Å². The number of methoxy groups -OCH3 is 1. The fraction of sp³-hybridized carbons (Fsp3) is 0.353. The molecule has 1 heterocycles. The maximum absolute atomic E-state index is 6.00. The number of thiophene rings is 1. The summed E-state index contributed by atoms with van der Waals surface area (Å²) in [5, 5.41) is 2.15. The second-order valence-electron chi connectivity index (χ2n) is 4.88. The molecule has 0 aliphatic carbocycles. The van der Waals surface area contributed by atoms with E-state index in [0.29, 0.717) is 12.5 Å². The number of hydrogen-bond donors (Lipinski definition) is 1. The molecule has 1 aromatic carbocycles. The van der Waals surface area contributed by atoms with Crippen LogP contribution in [0.4, 0.5) is 0 Å². The second-order valence-corrected chi connectivity index (χ2v) is 5.87. The summed E-state index contributed by atoms with van der Waals surface area (Å²) < 4.78 is 5.19. The second kappa shape index (κ2) is 9.77. The molecule has 23 heavy (non-hydrogen) atoms. The van der Waals surface area contributed by atoms with Crippen LogP contribution in [-0.2, 0) is 6.54 Å². The molecule has 2 aromatic rings. The zero-order valence-corrected chi connectivity index (χ0v) is 16.9. The molecular formula is C17H24IN3OS. The van der Waals surface area contributed by atoms with Gasteiger partial charge in [0.2, 0.25) is 0 Å². The van der Waals surface area contributed by atoms with Crippen molar-refractivity contribution in [2.24, 2.45) is 10.7 Å². The fourth-order valence-electron chi connectivity index (χ4n) is 2.20. The normalized spacial score (nSPS) is 11.0. The topological polar surface area (TPSA) is 50.8 Å². The average Bonchev–Trinajstić information content (AvgIpc) is 3.03. The first-order chi connectivity index (χ1) is 10.7. The Kier molecular flexibility index (Phi) is 8.40. The summed E-state index contributed by atoms with van der Waals surface area (Å²) in [5.74, 6) is 1.49. The summed E-state index contributed by atoms with van der Waals surface area (Å²) in [5.41, 5.74) is 8.40. The summed E-state index contributed by atoms with van der Waals surface area (Å²) in [7, 11) is 1.68. The lowest BCUT2D eigenvalue weighted by molar-refractivity contribution is 0.415. The number of hydrogen-bond acceptors (Lipinski definition) is 3. The summed E-state index contributed by atoms with van der Waals surface area (Å²) in [4.78, 5) is 7.74. The Labute approximate surface area is 159 Å². The molecule has 0 atom stereocenters. The van der Waals surface area contributed by atoms with Crippen molar-refractivity contribution < 1.29 is 4.74 Å². The minimum absolute atomic E-state index is 0. The van der Waals surface area contributed by atoms with Crippen LogP contribution in [0.3, 0.4) is 0 Å². The Morgan fingerprint density at radius 2 is 1.83 bits per heavy atom. The van der Waals surface area contributed by atoms with Crippen LogP contribution < -0.4 is 10.5 Å². The summed E-state index contributed by atoms with van der Waals surface area (Å²) in [6.45, 7) is 6.56. The molecule has 0 unspecified atom stereocenters. The summed E-state index contributed by atoms with van der Waals surface area (Å²) >= 11 is 1.71. The number of benzene rings is 1. The number of aliphatic imine (C=N–C) groups is 1. The first-order valence-electron chi connectivity index (χ1n) is 7.44. The molecule has 0 fully saturated rings. The summed E-state index contributed by atoms with van der Waals surface area (Å²) in [6, 6.07) is 10.3. The average molecular weight is 445 g/mol. The Hall–Kier alpha value is -1.28. The molecule has 0 saturated heterocycles. The molecule has 6 heteroatoms. The van der Waals surface area contributed by atoms with Gasteiger partial charge < -0.3 is 15.4 Å². The van der Waals surface area contributed by atoms with Gasteiger partial charge in [0.1, 0.15) is 5.75 Å². The van der Waals surface area contributed by atoms with Gasteiger partial charge in [-0.2, -0.15) is 0 Å². The van der Waals surface area contributed by atoms with Crippen molar-refractivity contribution in [1.82, 2.24) is 4.90 Å². The van der Waals surface area contributed by atoms with E-state index in [1.807, 2.05) is 12.1 Å². The van der Waals surface area contributed by atoms with E-state index in [-0.39, 0.29) is 24.0 Å². The third kappa shape index (κ3) is 5.39. The minimum Gasteiger partial charge on any atom is -0.497 e. The lowest BCUT2D eigenvalue weighted by Crippen LogP contribution is -2.36. The molecule has 0 radical (unpaired) electrons. The fourth-order valence-corrected chi connectivity index (χ4v) is 3.02. The number of rotatable bonds is 6. The largest absolute Gasteiger partial charge is 0.497 e. The third-order valence-electron chi connectivity index (χ3n) is 3.56. The van der Waals surface area contributed by atoms with Gasteiger partial charge in [-0.05, 0) is 48.6 Å². The van der Waals surface area contributed by atoms with Crippen LogP contribution in [0.15, 0.2) is 40.7 Å². The van der Waals surface area contributed by atoms with E-state index >= 15 is 0 Å². The van der Waals surface area contributed by atoms with Crippen LogP contribution in [-0.4, -0.2) is 31.1 Å². The van der Waals surface area contributed by atoms with E-state index in [1.165, 1.54) is 16.0 Å². The highest BCUT2D eigenvalue weighted by molar-refractivity contribution is 14.0. The highest BCUT2D eigenvalue weighted by atomic mass is 127. The monoisotopic (exact) mass is 445 g/mol. The van der Waals surface area contributed by atoms with Crippen LogP contribution in [0.2, 0.25) is 0 Å². The molecule has 0 spiro atoms. The van der Waals surface area contributed by atoms with Crippen LogP contribution in [0.25, 0.3) is 11.1 Å². The van der Waals surface area contributed by atoms with Crippen molar-refractivity contribution >= 4 is 41.3 Å². The molecule has 2 rings (SSSR count). The van der Waals surface area contributed by atoms with E-state index in [9.17, 15) is 0 Å². The molecule has 0 bridgehead atoms. The summed E-state index contributed by atoms with van der Waals surface area (Å²) in [6.07, 6.45) is 0. The highest BCUT2D eigenvalue weighted by Crippen LogP contribution is 2.27. The van der Waals surface area contributed by atoms with Gasteiger partial charge >= 0.3 is 0 Å². The Morgan fingerprint density at radius 1 is 1.17 bits per heavy atom. The van der Waals surface area contributed by atoms with E-state index in [0.717, 1.165) is 18.8 Å². The standard InChI is InChI=1S/C17H23N3OS.HI/c1-4-20(5-2)17(18)19-11-16-10-14(12-22-16)13-6-8-15(21-3)9-7-13;/h6-10,12H,4-5,11H2,1-3H3,(H2,18,19);1H. The number of nitrogens with two attached hydrogens (primary N) is 1. The first-order valence-corrected chi connectivity index (χ1v) is 8.32. The van der Waals surface area contributed by atoms with Gasteiger partial charge in [-0.25, -0.2) is 4.99 Å². The minimum atomic E-state index is 0. The van der Waals surface area contributed by atoms with E-state index < -0.39 is 0 Å². The van der Waals surface area contributed by atoms with Gasteiger partial charge in [-0.3, -0.25) is 0 Å². The van der Waals surface area contributed by atoms with Crippen LogP contribution in [0.5, 0.6) is 5.75 Å². The molecule has 0 saturated carbocycles. The van der Waals surface area contributed by atoms with E-state index in [4.69, 9.17) is 10.5 Å². The van der Waals surface area contributed by atoms with Crippen molar-refractivity contribution in [1.29, 1.82) is 0 Å². The number of guanidine groups is 1. The molecular weight excluding hydrogens is 421 g/mol. The quantitative estimate of drug-likeness (QED) is 0.412. The zero-order valence-electron chi connectivity index (χ0n) is 13.8. The van der Waals surface area contributed by atoms with Gasteiger partial charge in [0.15, 0.2) is 5.96 Å². The van der Waals surface area contributed by atoms with Crippen LogP contribution in [0.1, 0.15) is 18.7 Å². The van der Waals surface area contributed by atoms with Crippen molar-refractivity contribution in [3.63, 3.8) is 0 Å². The van der Waals surface area contributed by atoms with Gasteiger partial charge in [0, 0.05) is 18.0 Å². The molecule has 1 aromatic heterocycles. The maximum atomic E-state index is 6.00. The van der Waals surface area contributed by atoms with Gasteiger partial charge in [-0.15, -0.1) is 35.3 Å². The lowest BCUT2D eigenvalue weighted by Gasteiger charge is -2.19. The molecule has 0 aliphatic rings. The van der Waals surface area contributed by atoms with Gasteiger partial charge in [0.05, 0.1) is 13.7 Å². The van der Waals surface area contributed by atoms with Crippen LogP contribution in [0, 0.1) is 0 Å². The zero-order chi connectivity index (χ0) is 15.9. The lowest BCUT2D eigenvalue weighted by atomic mass is 10.1. The van der Waals surface area contributed by atoms with Crippen molar-refractivity contribution in [2.75, 3.05) is 20.2 Å². The Bertz CT molecular complexity index is 621. The SMILES string of the molecule is CCN(CC)C(N)=NCc1cc(-c2ccc(OC)cc2)cs1.I.